The fourth-order valence-electron chi connectivity index (χ4n) is 2.09. The third-order valence-electron chi connectivity index (χ3n) is 3.08. The van der Waals surface area contributed by atoms with Crippen LogP contribution in [0.3, 0.4) is 0 Å². The summed E-state index contributed by atoms with van der Waals surface area (Å²) in [5.41, 5.74) is 0. The fraction of sp³-hybridized carbons (Fsp3) is 0.667. The number of nitrogens with one attached hydrogen (secondary N) is 1. The Hall–Kier alpha value is -1.36. The van der Waals surface area contributed by atoms with Crippen LogP contribution in [0.2, 0.25) is 0 Å². The standard InChI is InChI=1S/C12H20N4O/c1-3-13-12-14-7-4-11(15-12)16-8-5-10(17-2)6-9-16/h4,7,10H,3,5-6,8-9H2,1-2H3,(H,13,14,15). The molecule has 0 atom stereocenters. The van der Waals surface area contributed by atoms with Crippen LogP contribution in [0.5, 0.6) is 0 Å². The normalized spacial score (nSPS) is 17.2. The van der Waals surface area contributed by atoms with Crippen molar-refractivity contribution in [3.8, 4) is 0 Å². The van der Waals surface area contributed by atoms with Crippen molar-refractivity contribution >= 4 is 11.8 Å². The Labute approximate surface area is 102 Å². The molecule has 0 bridgehead atoms. The van der Waals surface area contributed by atoms with Crippen molar-refractivity contribution in [2.45, 2.75) is 25.9 Å². The molecule has 1 aliphatic heterocycles. The molecule has 0 radical (unpaired) electrons. The van der Waals surface area contributed by atoms with E-state index in [0.29, 0.717) is 12.1 Å². The van der Waals surface area contributed by atoms with Crippen molar-refractivity contribution in [2.24, 2.45) is 0 Å². The minimum atomic E-state index is 0.404. The molecular formula is C12H20N4O. The van der Waals surface area contributed by atoms with Gasteiger partial charge in [0, 0.05) is 32.9 Å². The van der Waals surface area contributed by atoms with E-state index in [-0.39, 0.29) is 0 Å². The summed E-state index contributed by atoms with van der Waals surface area (Å²) in [6.45, 7) is 4.89. The Balaban J connectivity index is 2.00. The van der Waals surface area contributed by atoms with Crippen molar-refractivity contribution < 1.29 is 4.74 Å². The summed E-state index contributed by atoms with van der Waals surface area (Å²) in [6, 6.07) is 1.97. The molecule has 0 aliphatic carbocycles. The average molecular weight is 236 g/mol. The Morgan fingerprint density at radius 1 is 1.47 bits per heavy atom. The van der Waals surface area contributed by atoms with Gasteiger partial charge in [0.2, 0.25) is 5.95 Å². The maximum absolute atomic E-state index is 5.37. The highest BCUT2D eigenvalue weighted by molar-refractivity contribution is 5.42. The lowest BCUT2D eigenvalue weighted by Gasteiger charge is -2.32. The second kappa shape index (κ2) is 5.82. The van der Waals surface area contributed by atoms with Crippen LogP contribution in [0.15, 0.2) is 12.3 Å². The lowest BCUT2D eigenvalue weighted by molar-refractivity contribution is 0.0818. The highest BCUT2D eigenvalue weighted by Crippen LogP contribution is 2.19. The molecule has 17 heavy (non-hydrogen) atoms. The third kappa shape index (κ3) is 3.06. The van der Waals surface area contributed by atoms with Crippen molar-refractivity contribution in [3.63, 3.8) is 0 Å². The van der Waals surface area contributed by atoms with E-state index in [4.69, 9.17) is 4.74 Å². The molecule has 1 saturated heterocycles. The van der Waals surface area contributed by atoms with E-state index in [1.54, 1.807) is 7.11 Å². The van der Waals surface area contributed by atoms with Crippen LogP contribution < -0.4 is 10.2 Å². The molecule has 2 heterocycles. The number of ether oxygens (including phenoxy) is 1. The number of nitrogens with zero attached hydrogens (tertiary/aromatic N) is 3. The third-order valence-corrected chi connectivity index (χ3v) is 3.08. The number of rotatable bonds is 4. The predicted molar refractivity (Wildman–Crippen MR) is 68.4 cm³/mol. The van der Waals surface area contributed by atoms with E-state index in [2.05, 4.69) is 20.2 Å². The Bertz CT molecular complexity index is 350. The maximum atomic E-state index is 5.37. The van der Waals surface area contributed by atoms with E-state index >= 15 is 0 Å². The highest BCUT2D eigenvalue weighted by Gasteiger charge is 2.19. The summed E-state index contributed by atoms with van der Waals surface area (Å²) in [5.74, 6) is 1.71. The van der Waals surface area contributed by atoms with Gasteiger partial charge in [0.15, 0.2) is 0 Å². The van der Waals surface area contributed by atoms with Gasteiger partial charge in [-0.25, -0.2) is 4.98 Å². The molecule has 0 aromatic carbocycles. The number of aromatic nitrogens is 2. The van der Waals surface area contributed by atoms with Gasteiger partial charge < -0.3 is 15.0 Å². The van der Waals surface area contributed by atoms with Crippen molar-refractivity contribution in [3.05, 3.63) is 12.3 Å². The van der Waals surface area contributed by atoms with Gasteiger partial charge in [-0.15, -0.1) is 0 Å². The highest BCUT2D eigenvalue weighted by atomic mass is 16.5. The van der Waals surface area contributed by atoms with Crippen LogP contribution in [0.4, 0.5) is 11.8 Å². The molecule has 2 rings (SSSR count). The molecule has 0 amide bonds. The van der Waals surface area contributed by atoms with Crippen LogP contribution in [0.1, 0.15) is 19.8 Å². The monoisotopic (exact) mass is 236 g/mol. The van der Waals surface area contributed by atoms with Gasteiger partial charge in [-0.3, -0.25) is 0 Å². The maximum Gasteiger partial charge on any atom is 0.224 e. The predicted octanol–water partition coefficient (Wildman–Crippen LogP) is 1.52. The largest absolute Gasteiger partial charge is 0.381 e. The van der Waals surface area contributed by atoms with E-state index in [1.165, 1.54) is 0 Å². The molecule has 5 nitrogen and oxygen atoms in total. The van der Waals surface area contributed by atoms with E-state index in [9.17, 15) is 0 Å². The quantitative estimate of drug-likeness (QED) is 0.859. The molecule has 0 spiro atoms. The number of methoxy groups -OCH3 is 1. The second-order valence-corrected chi connectivity index (χ2v) is 4.19. The molecule has 0 saturated carbocycles. The van der Waals surface area contributed by atoms with E-state index < -0.39 is 0 Å². The number of piperidine rings is 1. The Morgan fingerprint density at radius 3 is 2.88 bits per heavy atom. The molecule has 94 valence electrons. The van der Waals surface area contributed by atoms with Crippen LogP contribution in [-0.2, 0) is 4.74 Å². The second-order valence-electron chi connectivity index (χ2n) is 4.19. The summed E-state index contributed by atoms with van der Waals surface area (Å²) < 4.78 is 5.37. The summed E-state index contributed by atoms with van der Waals surface area (Å²) >= 11 is 0. The van der Waals surface area contributed by atoms with Crippen molar-refractivity contribution in [1.29, 1.82) is 0 Å². The van der Waals surface area contributed by atoms with Crippen molar-refractivity contribution in [1.82, 2.24) is 9.97 Å². The lowest BCUT2D eigenvalue weighted by Crippen LogP contribution is -2.37. The molecule has 1 aromatic rings. The van der Waals surface area contributed by atoms with Gasteiger partial charge in [-0.2, -0.15) is 4.98 Å². The zero-order valence-electron chi connectivity index (χ0n) is 10.5. The van der Waals surface area contributed by atoms with Gasteiger partial charge >= 0.3 is 0 Å². The van der Waals surface area contributed by atoms with Crippen molar-refractivity contribution in [2.75, 3.05) is 37.0 Å². The summed E-state index contributed by atoms with van der Waals surface area (Å²) in [5, 5.41) is 3.13. The summed E-state index contributed by atoms with van der Waals surface area (Å²) in [7, 11) is 1.79. The number of hydrogen-bond donors (Lipinski definition) is 1. The minimum Gasteiger partial charge on any atom is -0.381 e. The van der Waals surface area contributed by atoms with Gasteiger partial charge in [0.05, 0.1) is 6.10 Å². The topological polar surface area (TPSA) is 50.3 Å². The fourth-order valence-corrected chi connectivity index (χ4v) is 2.09. The van der Waals surface area contributed by atoms with Crippen LogP contribution in [-0.4, -0.2) is 42.8 Å². The van der Waals surface area contributed by atoms with E-state index in [0.717, 1.165) is 38.3 Å². The van der Waals surface area contributed by atoms with Gasteiger partial charge in [-0.05, 0) is 25.8 Å². The van der Waals surface area contributed by atoms with Gasteiger partial charge in [-0.1, -0.05) is 0 Å². The van der Waals surface area contributed by atoms with E-state index in [1.807, 2.05) is 19.2 Å². The Kier molecular flexibility index (Phi) is 4.14. The first-order valence-corrected chi connectivity index (χ1v) is 6.18. The molecule has 1 aliphatic rings. The Morgan fingerprint density at radius 2 is 2.24 bits per heavy atom. The first-order valence-electron chi connectivity index (χ1n) is 6.18. The average Bonchev–Trinajstić information content (AvgIpc) is 2.40. The van der Waals surface area contributed by atoms with Gasteiger partial charge in [0.1, 0.15) is 5.82 Å². The SMILES string of the molecule is CCNc1nccc(N2CCC(OC)CC2)n1. The van der Waals surface area contributed by atoms with Gasteiger partial charge in [0.25, 0.3) is 0 Å². The first-order chi connectivity index (χ1) is 8.33. The molecule has 1 fully saturated rings. The molecular weight excluding hydrogens is 216 g/mol. The molecule has 1 aromatic heterocycles. The summed E-state index contributed by atoms with van der Waals surface area (Å²) in [4.78, 5) is 11.0. The molecule has 1 N–H and O–H groups in total. The zero-order valence-corrected chi connectivity index (χ0v) is 10.5. The minimum absolute atomic E-state index is 0.404. The smallest absolute Gasteiger partial charge is 0.224 e. The number of anilines is 2. The van der Waals surface area contributed by atoms with Crippen LogP contribution in [0, 0.1) is 0 Å². The first kappa shape index (κ1) is 12.1. The lowest BCUT2D eigenvalue weighted by atomic mass is 10.1. The summed E-state index contributed by atoms with van der Waals surface area (Å²) in [6.07, 6.45) is 4.35. The zero-order chi connectivity index (χ0) is 12.1. The molecule has 0 unspecified atom stereocenters. The molecule has 5 heteroatoms. The van der Waals surface area contributed by atoms with Crippen LogP contribution in [0.25, 0.3) is 0 Å². The number of hydrogen-bond acceptors (Lipinski definition) is 5. The van der Waals surface area contributed by atoms with Crippen LogP contribution >= 0.6 is 0 Å².